The minimum Gasteiger partial charge on any atom is -0.495 e. The lowest BCUT2D eigenvalue weighted by atomic mass is 10.1. The van der Waals surface area contributed by atoms with Gasteiger partial charge in [-0.2, -0.15) is 0 Å². The second-order valence-corrected chi connectivity index (χ2v) is 6.39. The first-order valence-electron chi connectivity index (χ1n) is 7.45. The molecule has 0 fully saturated rings. The highest BCUT2D eigenvalue weighted by Gasteiger charge is 2.08. The fourth-order valence-corrected chi connectivity index (χ4v) is 3.51. The number of benzene rings is 1. The summed E-state index contributed by atoms with van der Waals surface area (Å²) in [6, 6.07) is 8.23. The zero-order valence-electron chi connectivity index (χ0n) is 13.0. The van der Waals surface area contributed by atoms with Crippen LogP contribution < -0.4 is 4.74 Å². The number of ether oxygens (including phenoxy) is 1. The van der Waals surface area contributed by atoms with Crippen LogP contribution in [0.15, 0.2) is 55.2 Å². The van der Waals surface area contributed by atoms with Crippen molar-refractivity contribution in [3.63, 3.8) is 0 Å². The van der Waals surface area contributed by atoms with E-state index >= 15 is 0 Å². The lowest BCUT2D eigenvalue weighted by molar-refractivity contribution is 0.413. The highest BCUT2D eigenvalue weighted by Crippen LogP contribution is 2.30. The third-order valence-corrected chi connectivity index (χ3v) is 4.68. The van der Waals surface area contributed by atoms with Crippen LogP contribution in [0.25, 0.3) is 21.3 Å². The summed E-state index contributed by atoms with van der Waals surface area (Å²) in [6.07, 6.45) is 9.40. The molecule has 24 heavy (non-hydrogen) atoms. The minimum absolute atomic E-state index is 0.698. The minimum atomic E-state index is 0.698. The SMILES string of the molecule is COc1cncc(-c2ccc3nc(Cc4cnccn4)sc3c2)c1. The van der Waals surface area contributed by atoms with Crippen molar-refractivity contribution in [2.75, 3.05) is 7.11 Å². The zero-order valence-corrected chi connectivity index (χ0v) is 13.8. The Hall–Kier alpha value is -2.86. The first-order valence-corrected chi connectivity index (χ1v) is 8.27. The number of hydrogen-bond acceptors (Lipinski definition) is 6. The van der Waals surface area contributed by atoms with E-state index in [0.717, 1.165) is 37.8 Å². The number of fused-ring (bicyclic) bond motifs is 1. The summed E-state index contributed by atoms with van der Waals surface area (Å²) >= 11 is 1.68. The van der Waals surface area contributed by atoms with Gasteiger partial charge in [-0.1, -0.05) is 6.07 Å². The summed E-state index contributed by atoms with van der Waals surface area (Å²) < 4.78 is 6.40. The summed E-state index contributed by atoms with van der Waals surface area (Å²) in [5, 5.41) is 1.03. The van der Waals surface area contributed by atoms with Crippen LogP contribution >= 0.6 is 11.3 Å². The van der Waals surface area contributed by atoms with Gasteiger partial charge in [-0.25, -0.2) is 4.98 Å². The van der Waals surface area contributed by atoms with Crippen molar-refractivity contribution >= 4 is 21.6 Å². The van der Waals surface area contributed by atoms with Gasteiger partial charge in [0.15, 0.2) is 0 Å². The van der Waals surface area contributed by atoms with Gasteiger partial charge in [0, 0.05) is 36.8 Å². The summed E-state index contributed by atoms with van der Waals surface area (Å²) in [4.78, 5) is 17.3. The summed E-state index contributed by atoms with van der Waals surface area (Å²) in [5.74, 6) is 0.750. The molecule has 1 aromatic carbocycles. The molecule has 0 saturated heterocycles. The Balaban J connectivity index is 1.68. The molecular formula is C18H14N4OS. The standard InChI is InChI=1S/C18H14N4OS/c1-23-15-6-13(9-20-11-15)12-2-3-16-17(7-12)24-18(22-16)8-14-10-19-4-5-21-14/h2-7,9-11H,8H2,1H3. The molecule has 0 unspecified atom stereocenters. The topological polar surface area (TPSA) is 60.8 Å². The van der Waals surface area contributed by atoms with Gasteiger partial charge in [-0.3, -0.25) is 15.0 Å². The van der Waals surface area contributed by atoms with E-state index in [2.05, 4.69) is 32.1 Å². The number of nitrogens with zero attached hydrogens (tertiary/aromatic N) is 4. The van der Waals surface area contributed by atoms with Gasteiger partial charge in [0.1, 0.15) is 5.75 Å². The molecule has 0 aliphatic heterocycles. The van der Waals surface area contributed by atoms with Crippen LogP contribution in [-0.4, -0.2) is 27.0 Å². The Labute approximate surface area is 143 Å². The van der Waals surface area contributed by atoms with E-state index in [9.17, 15) is 0 Å². The molecule has 4 aromatic rings. The molecule has 0 spiro atoms. The van der Waals surface area contributed by atoms with Crippen molar-refractivity contribution < 1.29 is 4.74 Å². The lowest BCUT2D eigenvalue weighted by Crippen LogP contribution is -1.91. The molecule has 0 aliphatic carbocycles. The van der Waals surface area contributed by atoms with Gasteiger partial charge in [-0.05, 0) is 23.8 Å². The van der Waals surface area contributed by atoms with E-state index in [1.165, 1.54) is 0 Å². The highest BCUT2D eigenvalue weighted by atomic mass is 32.1. The summed E-state index contributed by atoms with van der Waals surface area (Å²) in [6.45, 7) is 0. The molecule has 0 radical (unpaired) electrons. The number of methoxy groups -OCH3 is 1. The van der Waals surface area contributed by atoms with E-state index in [1.807, 2.05) is 18.3 Å². The van der Waals surface area contributed by atoms with E-state index in [1.54, 1.807) is 43.2 Å². The third kappa shape index (κ3) is 2.96. The second-order valence-electron chi connectivity index (χ2n) is 5.28. The molecule has 3 aromatic heterocycles. The van der Waals surface area contributed by atoms with Crippen LogP contribution in [0.3, 0.4) is 0 Å². The molecule has 0 atom stereocenters. The van der Waals surface area contributed by atoms with Gasteiger partial charge >= 0.3 is 0 Å². The smallest absolute Gasteiger partial charge is 0.137 e. The Morgan fingerprint density at radius 1 is 1.00 bits per heavy atom. The second kappa shape index (κ2) is 6.33. The molecule has 4 rings (SSSR count). The van der Waals surface area contributed by atoms with Gasteiger partial charge in [-0.15, -0.1) is 11.3 Å². The van der Waals surface area contributed by atoms with Gasteiger partial charge < -0.3 is 4.74 Å². The third-order valence-electron chi connectivity index (χ3n) is 3.66. The number of pyridine rings is 1. The van der Waals surface area contributed by atoms with E-state index < -0.39 is 0 Å². The molecule has 0 bridgehead atoms. The lowest BCUT2D eigenvalue weighted by Gasteiger charge is -2.03. The molecule has 0 aliphatic rings. The average molecular weight is 334 g/mol. The zero-order chi connectivity index (χ0) is 16.4. The predicted octanol–water partition coefficient (Wildman–Crippen LogP) is 3.75. The highest BCUT2D eigenvalue weighted by molar-refractivity contribution is 7.18. The Morgan fingerprint density at radius 2 is 1.96 bits per heavy atom. The number of aromatic nitrogens is 4. The molecule has 118 valence electrons. The quantitative estimate of drug-likeness (QED) is 0.569. The number of rotatable bonds is 4. The van der Waals surface area contributed by atoms with Crippen molar-refractivity contribution in [2.45, 2.75) is 6.42 Å². The van der Waals surface area contributed by atoms with Gasteiger partial charge in [0.25, 0.3) is 0 Å². The fourth-order valence-electron chi connectivity index (χ4n) is 2.49. The van der Waals surface area contributed by atoms with Crippen molar-refractivity contribution in [2.24, 2.45) is 0 Å². The van der Waals surface area contributed by atoms with Crippen LogP contribution in [-0.2, 0) is 6.42 Å². The van der Waals surface area contributed by atoms with Crippen LogP contribution in [0, 0.1) is 0 Å². The van der Waals surface area contributed by atoms with Crippen LogP contribution in [0.5, 0.6) is 5.75 Å². The van der Waals surface area contributed by atoms with Crippen molar-refractivity contribution in [1.29, 1.82) is 0 Å². The van der Waals surface area contributed by atoms with E-state index in [4.69, 9.17) is 4.74 Å². The van der Waals surface area contributed by atoms with Crippen LogP contribution in [0.1, 0.15) is 10.7 Å². The largest absolute Gasteiger partial charge is 0.495 e. The molecule has 0 amide bonds. The summed E-state index contributed by atoms with van der Waals surface area (Å²) in [7, 11) is 1.64. The van der Waals surface area contributed by atoms with Gasteiger partial charge in [0.05, 0.1) is 34.2 Å². The van der Waals surface area contributed by atoms with Crippen LogP contribution in [0.4, 0.5) is 0 Å². The molecular weight excluding hydrogens is 320 g/mol. The number of hydrogen-bond donors (Lipinski definition) is 0. The van der Waals surface area contributed by atoms with Crippen LogP contribution in [0.2, 0.25) is 0 Å². The number of thiazole rings is 1. The average Bonchev–Trinajstić information content (AvgIpc) is 3.04. The van der Waals surface area contributed by atoms with Gasteiger partial charge in [0.2, 0.25) is 0 Å². The monoisotopic (exact) mass is 334 g/mol. The first-order chi connectivity index (χ1) is 11.8. The molecule has 6 heteroatoms. The van der Waals surface area contributed by atoms with Crippen molar-refractivity contribution in [3.05, 3.63) is 66.0 Å². The normalized spacial score (nSPS) is 10.9. The predicted molar refractivity (Wildman–Crippen MR) is 94.2 cm³/mol. The maximum absolute atomic E-state index is 5.25. The Bertz CT molecular complexity index is 985. The maximum Gasteiger partial charge on any atom is 0.137 e. The Kier molecular flexibility index (Phi) is 3.88. The maximum atomic E-state index is 5.25. The van der Waals surface area contributed by atoms with Crippen molar-refractivity contribution in [1.82, 2.24) is 19.9 Å². The van der Waals surface area contributed by atoms with Crippen molar-refractivity contribution in [3.8, 4) is 16.9 Å². The van der Waals surface area contributed by atoms with E-state index in [-0.39, 0.29) is 0 Å². The fraction of sp³-hybridized carbons (Fsp3) is 0.111. The molecule has 0 saturated carbocycles. The molecule has 5 nitrogen and oxygen atoms in total. The first kappa shape index (κ1) is 14.7. The molecule has 0 N–H and O–H groups in total. The Morgan fingerprint density at radius 3 is 2.79 bits per heavy atom. The van der Waals surface area contributed by atoms with E-state index in [0.29, 0.717) is 6.42 Å². The summed E-state index contributed by atoms with van der Waals surface area (Å²) in [5.41, 5.74) is 4.05. The molecule has 3 heterocycles.